The Balaban J connectivity index is 1.62. The number of anilines is 1. The van der Waals surface area contributed by atoms with Gasteiger partial charge in [0.15, 0.2) is 0 Å². The minimum atomic E-state index is -4.38. The number of aromatic nitrogens is 1. The van der Waals surface area contributed by atoms with E-state index in [4.69, 9.17) is 5.73 Å². The van der Waals surface area contributed by atoms with Crippen LogP contribution in [0.15, 0.2) is 79.0 Å². The molecule has 7 heteroatoms. The van der Waals surface area contributed by atoms with Gasteiger partial charge in [0, 0.05) is 17.3 Å². The number of nitrogens with zero attached hydrogens (tertiary/aromatic N) is 1. The van der Waals surface area contributed by atoms with Crippen molar-refractivity contribution in [1.82, 2.24) is 10.3 Å². The summed E-state index contributed by atoms with van der Waals surface area (Å²) in [6.07, 6.45) is -2.79. The maximum Gasteiger partial charge on any atom is 0.416 e. The van der Waals surface area contributed by atoms with Crippen LogP contribution in [0.3, 0.4) is 0 Å². The number of rotatable bonds is 4. The van der Waals surface area contributed by atoms with Crippen LogP contribution in [0.25, 0.3) is 21.9 Å². The second-order valence-electron chi connectivity index (χ2n) is 7.49. The Morgan fingerprint density at radius 1 is 1.00 bits per heavy atom. The lowest BCUT2D eigenvalue weighted by molar-refractivity contribution is -0.137. The van der Waals surface area contributed by atoms with Crippen LogP contribution in [0.2, 0.25) is 0 Å². The van der Waals surface area contributed by atoms with Crippen LogP contribution >= 0.6 is 0 Å². The summed E-state index contributed by atoms with van der Waals surface area (Å²) in [5.74, 6) is 0.0996. The van der Waals surface area contributed by atoms with Crippen LogP contribution < -0.4 is 11.1 Å². The summed E-state index contributed by atoms with van der Waals surface area (Å²) in [7, 11) is 0. The van der Waals surface area contributed by atoms with Gasteiger partial charge in [0.25, 0.3) is 5.91 Å². The fourth-order valence-electron chi connectivity index (χ4n) is 3.67. The molecule has 1 aromatic heterocycles. The van der Waals surface area contributed by atoms with Gasteiger partial charge in [0.1, 0.15) is 5.82 Å². The number of carbonyl (C=O) groups excluding carboxylic acids is 1. The van der Waals surface area contributed by atoms with Gasteiger partial charge in [-0.1, -0.05) is 42.5 Å². The van der Waals surface area contributed by atoms with Crippen LogP contribution in [-0.4, -0.2) is 10.9 Å². The smallest absolute Gasteiger partial charge is 0.383 e. The topological polar surface area (TPSA) is 68.0 Å². The molecule has 3 aromatic carbocycles. The lowest BCUT2D eigenvalue weighted by Crippen LogP contribution is -2.27. The monoisotopic (exact) mass is 435 g/mol. The standard InChI is InChI=1S/C25H20F3N3O/c1-15(20-6-3-13-30-23(20)29)31-24(32)18-9-12-22-17(14-18)4-2-5-21(22)16-7-10-19(11-8-16)25(26,27)28/h2-15H,1H3,(H2,29,30)(H,31,32). The summed E-state index contributed by atoms with van der Waals surface area (Å²) in [5.41, 5.74) is 7.86. The molecule has 0 radical (unpaired) electrons. The molecule has 4 rings (SSSR count). The number of hydrogen-bond acceptors (Lipinski definition) is 3. The number of nitrogens with two attached hydrogens (primary N) is 1. The summed E-state index contributed by atoms with van der Waals surface area (Å²) >= 11 is 0. The molecule has 0 spiro atoms. The zero-order valence-corrected chi connectivity index (χ0v) is 17.1. The van der Waals surface area contributed by atoms with E-state index in [0.29, 0.717) is 16.9 Å². The lowest BCUT2D eigenvalue weighted by atomic mass is 9.96. The molecule has 0 bridgehead atoms. The minimum Gasteiger partial charge on any atom is -0.383 e. The molecule has 4 nitrogen and oxygen atoms in total. The Morgan fingerprint density at radius 2 is 1.75 bits per heavy atom. The lowest BCUT2D eigenvalue weighted by Gasteiger charge is -2.16. The van der Waals surface area contributed by atoms with E-state index in [2.05, 4.69) is 10.3 Å². The van der Waals surface area contributed by atoms with Gasteiger partial charge in [-0.05, 0) is 59.2 Å². The number of halogens is 3. The van der Waals surface area contributed by atoms with Gasteiger partial charge < -0.3 is 11.1 Å². The predicted octanol–water partition coefficient (Wildman–Crippen LogP) is 5.99. The molecule has 1 heterocycles. The molecule has 0 aliphatic rings. The SMILES string of the molecule is CC(NC(=O)c1ccc2c(-c3ccc(C(F)(F)F)cc3)cccc2c1)c1cccnc1N. The first-order chi connectivity index (χ1) is 15.2. The largest absolute Gasteiger partial charge is 0.416 e. The molecular formula is C25H20F3N3O. The average molecular weight is 435 g/mol. The molecule has 0 saturated carbocycles. The van der Waals surface area contributed by atoms with Crippen LogP contribution in [0, 0.1) is 0 Å². The van der Waals surface area contributed by atoms with E-state index in [0.717, 1.165) is 34.0 Å². The third-order valence-electron chi connectivity index (χ3n) is 5.35. The van der Waals surface area contributed by atoms with E-state index in [1.807, 2.05) is 31.2 Å². The highest BCUT2D eigenvalue weighted by molar-refractivity contribution is 6.02. The fourth-order valence-corrected chi connectivity index (χ4v) is 3.67. The van der Waals surface area contributed by atoms with Gasteiger partial charge in [0.2, 0.25) is 0 Å². The number of nitrogen functional groups attached to an aromatic ring is 1. The number of benzene rings is 3. The third-order valence-corrected chi connectivity index (χ3v) is 5.35. The number of pyridine rings is 1. The maximum absolute atomic E-state index is 12.9. The minimum absolute atomic E-state index is 0.261. The Kier molecular flexibility index (Phi) is 5.57. The van der Waals surface area contributed by atoms with E-state index in [9.17, 15) is 18.0 Å². The quantitative estimate of drug-likeness (QED) is 0.414. The molecule has 0 aliphatic carbocycles. The van der Waals surface area contributed by atoms with Gasteiger partial charge in [-0.3, -0.25) is 4.79 Å². The molecular weight excluding hydrogens is 415 g/mol. The maximum atomic E-state index is 12.9. The van der Waals surface area contributed by atoms with Crippen LogP contribution in [-0.2, 0) is 6.18 Å². The average Bonchev–Trinajstić information content (AvgIpc) is 2.78. The van der Waals surface area contributed by atoms with E-state index >= 15 is 0 Å². The van der Waals surface area contributed by atoms with Crippen molar-refractivity contribution >= 4 is 22.5 Å². The van der Waals surface area contributed by atoms with Gasteiger partial charge >= 0.3 is 6.18 Å². The van der Waals surface area contributed by atoms with Crippen molar-refractivity contribution in [3.8, 4) is 11.1 Å². The molecule has 1 amide bonds. The number of fused-ring (bicyclic) bond motifs is 1. The molecule has 3 N–H and O–H groups in total. The number of carbonyl (C=O) groups is 1. The molecule has 1 unspecified atom stereocenters. The Hall–Kier alpha value is -3.87. The Labute approximate surface area is 182 Å². The predicted molar refractivity (Wildman–Crippen MR) is 119 cm³/mol. The number of nitrogens with one attached hydrogen (secondary N) is 1. The van der Waals surface area contributed by atoms with Crippen molar-refractivity contribution in [2.45, 2.75) is 19.1 Å². The summed E-state index contributed by atoms with van der Waals surface area (Å²) in [6.45, 7) is 1.83. The first-order valence-corrected chi connectivity index (χ1v) is 9.96. The van der Waals surface area contributed by atoms with Crippen molar-refractivity contribution in [1.29, 1.82) is 0 Å². The highest BCUT2D eigenvalue weighted by atomic mass is 19.4. The molecule has 1 atom stereocenters. The molecule has 4 aromatic rings. The molecule has 32 heavy (non-hydrogen) atoms. The second-order valence-corrected chi connectivity index (χ2v) is 7.49. The van der Waals surface area contributed by atoms with Crippen LogP contribution in [0.1, 0.15) is 34.5 Å². The number of hydrogen-bond donors (Lipinski definition) is 2. The first kappa shape index (κ1) is 21.4. The summed E-state index contributed by atoms with van der Waals surface area (Å²) in [6, 6.07) is 19.1. The highest BCUT2D eigenvalue weighted by Gasteiger charge is 2.30. The van der Waals surface area contributed by atoms with Crippen molar-refractivity contribution in [2.75, 3.05) is 5.73 Å². The highest BCUT2D eigenvalue weighted by Crippen LogP contribution is 2.33. The van der Waals surface area contributed by atoms with Gasteiger partial charge in [0.05, 0.1) is 11.6 Å². The van der Waals surface area contributed by atoms with Gasteiger partial charge in [-0.15, -0.1) is 0 Å². The van der Waals surface area contributed by atoms with E-state index in [1.165, 1.54) is 12.1 Å². The summed E-state index contributed by atoms with van der Waals surface area (Å²) in [5, 5.41) is 4.57. The first-order valence-electron chi connectivity index (χ1n) is 9.96. The van der Waals surface area contributed by atoms with Crippen LogP contribution in [0.5, 0.6) is 0 Å². The van der Waals surface area contributed by atoms with E-state index < -0.39 is 11.7 Å². The third kappa shape index (κ3) is 4.27. The number of alkyl halides is 3. The normalized spacial score (nSPS) is 12.5. The summed E-state index contributed by atoms with van der Waals surface area (Å²) in [4.78, 5) is 16.8. The number of amides is 1. The van der Waals surface area contributed by atoms with Crippen molar-refractivity contribution in [2.24, 2.45) is 0 Å². The van der Waals surface area contributed by atoms with Crippen LogP contribution in [0.4, 0.5) is 19.0 Å². The van der Waals surface area contributed by atoms with Crippen molar-refractivity contribution in [3.05, 3.63) is 95.7 Å². The molecule has 0 saturated heterocycles. The summed E-state index contributed by atoms with van der Waals surface area (Å²) < 4.78 is 38.6. The van der Waals surface area contributed by atoms with Gasteiger partial charge in [-0.25, -0.2) is 4.98 Å². The fraction of sp³-hybridized carbons (Fsp3) is 0.120. The Bertz CT molecular complexity index is 1280. The zero-order valence-electron chi connectivity index (χ0n) is 17.1. The molecule has 0 fully saturated rings. The van der Waals surface area contributed by atoms with Crippen molar-refractivity contribution < 1.29 is 18.0 Å². The van der Waals surface area contributed by atoms with Gasteiger partial charge in [-0.2, -0.15) is 13.2 Å². The molecule has 0 aliphatic heterocycles. The zero-order chi connectivity index (χ0) is 22.9. The Morgan fingerprint density at radius 3 is 2.44 bits per heavy atom. The molecule has 162 valence electrons. The second kappa shape index (κ2) is 8.34. The van der Waals surface area contributed by atoms with E-state index in [1.54, 1.807) is 30.5 Å². The van der Waals surface area contributed by atoms with Crippen molar-refractivity contribution in [3.63, 3.8) is 0 Å². The van der Waals surface area contributed by atoms with E-state index in [-0.39, 0.29) is 11.9 Å².